The molecule has 0 saturated carbocycles. The average Bonchev–Trinajstić information content (AvgIpc) is 3.41. The molecule has 2 aliphatic rings. The van der Waals surface area contributed by atoms with E-state index in [-0.39, 0.29) is 17.7 Å². The number of hydrogen-bond acceptors (Lipinski definition) is 7. The first-order valence-corrected chi connectivity index (χ1v) is 9.58. The van der Waals surface area contributed by atoms with Crippen LogP contribution in [0.2, 0.25) is 0 Å². The smallest absolute Gasteiger partial charge is 0.219 e. The van der Waals surface area contributed by atoms with Gasteiger partial charge in [0.15, 0.2) is 0 Å². The third kappa shape index (κ3) is 2.76. The summed E-state index contributed by atoms with van der Waals surface area (Å²) in [5.41, 5.74) is 4.46. The standard InChI is InChI=1S/C20H19N7O2/c1-11(28)27-7-3-4-12(10-27)18-14(8-21)17(15-9-22-24-20(15)23-18)13-5-2-6-16-19(13)26-29-25-16/h2,5-6,9,12,17H,3-4,7,10H2,1H3,(H2,22,23,24). The van der Waals surface area contributed by atoms with Crippen LogP contribution in [0.4, 0.5) is 5.82 Å². The Morgan fingerprint density at radius 2 is 2.24 bits per heavy atom. The second kappa shape index (κ2) is 6.74. The highest BCUT2D eigenvalue weighted by molar-refractivity contribution is 5.81. The Morgan fingerprint density at radius 3 is 3.07 bits per heavy atom. The molecule has 2 N–H and O–H groups in total. The first-order valence-electron chi connectivity index (χ1n) is 9.58. The number of nitrogens with one attached hydrogen (secondary N) is 2. The van der Waals surface area contributed by atoms with E-state index >= 15 is 0 Å². The van der Waals surface area contributed by atoms with Crippen LogP contribution in [0.3, 0.4) is 0 Å². The van der Waals surface area contributed by atoms with Crippen molar-refractivity contribution in [1.29, 1.82) is 5.26 Å². The highest BCUT2D eigenvalue weighted by Crippen LogP contribution is 2.44. The van der Waals surface area contributed by atoms with Gasteiger partial charge in [-0.05, 0) is 34.8 Å². The number of carbonyl (C=O) groups is 1. The Hall–Kier alpha value is -3.67. The third-order valence-electron chi connectivity index (χ3n) is 5.84. The molecule has 29 heavy (non-hydrogen) atoms. The van der Waals surface area contributed by atoms with Crippen LogP contribution in [0.5, 0.6) is 0 Å². The zero-order valence-corrected chi connectivity index (χ0v) is 15.8. The van der Waals surface area contributed by atoms with Crippen LogP contribution < -0.4 is 5.32 Å². The van der Waals surface area contributed by atoms with Crippen molar-refractivity contribution < 1.29 is 9.42 Å². The van der Waals surface area contributed by atoms with E-state index in [9.17, 15) is 10.1 Å². The minimum absolute atomic E-state index is 0.0517. The van der Waals surface area contributed by atoms with E-state index in [2.05, 4.69) is 31.9 Å². The van der Waals surface area contributed by atoms with Gasteiger partial charge in [-0.2, -0.15) is 10.4 Å². The Bertz CT molecular complexity index is 1170. The van der Waals surface area contributed by atoms with Crippen LogP contribution in [-0.4, -0.2) is 44.4 Å². The molecule has 9 nitrogen and oxygen atoms in total. The summed E-state index contributed by atoms with van der Waals surface area (Å²) < 4.78 is 4.94. The van der Waals surface area contributed by atoms with Crippen LogP contribution in [0, 0.1) is 17.2 Å². The fourth-order valence-corrected chi connectivity index (χ4v) is 4.46. The van der Waals surface area contributed by atoms with Gasteiger partial charge in [-0.1, -0.05) is 12.1 Å². The number of rotatable bonds is 2. The number of hydrogen-bond donors (Lipinski definition) is 2. The largest absolute Gasteiger partial charge is 0.343 e. The molecule has 4 heterocycles. The maximum Gasteiger partial charge on any atom is 0.219 e. The molecule has 5 rings (SSSR count). The van der Waals surface area contributed by atoms with Gasteiger partial charge in [-0.3, -0.25) is 9.89 Å². The maximum atomic E-state index is 11.9. The molecular weight excluding hydrogens is 370 g/mol. The lowest BCUT2D eigenvalue weighted by Gasteiger charge is -2.36. The second-order valence-electron chi connectivity index (χ2n) is 7.48. The number of fused-ring (bicyclic) bond motifs is 2. The van der Waals surface area contributed by atoms with E-state index in [1.165, 1.54) is 0 Å². The average molecular weight is 389 g/mol. The van der Waals surface area contributed by atoms with E-state index < -0.39 is 0 Å². The minimum atomic E-state index is -0.340. The van der Waals surface area contributed by atoms with Gasteiger partial charge >= 0.3 is 0 Å². The van der Waals surface area contributed by atoms with Crippen LogP contribution in [0.15, 0.2) is 40.3 Å². The summed E-state index contributed by atoms with van der Waals surface area (Å²) in [4.78, 5) is 13.8. The SMILES string of the molecule is CC(=O)N1CCCC(C2=C(C#N)C(c3cccc4nonc34)c3cn[nH]c3N2)C1. The van der Waals surface area contributed by atoms with Crippen molar-refractivity contribution in [3.05, 3.63) is 46.8 Å². The zero-order chi connectivity index (χ0) is 20.0. The molecule has 3 aromatic rings. The summed E-state index contributed by atoms with van der Waals surface area (Å²) >= 11 is 0. The molecule has 0 spiro atoms. The van der Waals surface area contributed by atoms with Gasteiger partial charge in [0.2, 0.25) is 5.91 Å². The predicted octanol–water partition coefficient (Wildman–Crippen LogP) is 2.54. The van der Waals surface area contributed by atoms with Gasteiger partial charge < -0.3 is 10.2 Å². The number of H-pyrrole nitrogens is 1. The summed E-state index contributed by atoms with van der Waals surface area (Å²) in [6.45, 7) is 2.93. The topological polar surface area (TPSA) is 124 Å². The van der Waals surface area contributed by atoms with Gasteiger partial charge in [-0.15, -0.1) is 0 Å². The molecule has 146 valence electrons. The number of nitrogens with zero attached hydrogens (tertiary/aromatic N) is 5. The van der Waals surface area contributed by atoms with Gasteiger partial charge in [0.1, 0.15) is 16.9 Å². The normalized spacial score (nSPS) is 21.6. The quantitative estimate of drug-likeness (QED) is 0.690. The number of aromatic nitrogens is 4. The lowest BCUT2D eigenvalue weighted by molar-refractivity contribution is -0.130. The molecule has 2 atom stereocenters. The summed E-state index contributed by atoms with van der Waals surface area (Å²) in [5, 5.41) is 28.8. The van der Waals surface area contributed by atoms with E-state index in [0.29, 0.717) is 23.2 Å². The highest BCUT2D eigenvalue weighted by Gasteiger charge is 2.37. The van der Waals surface area contributed by atoms with Gasteiger partial charge in [0, 0.05) is 37.2 Å². The fourth-order valence-electron chi connectivity index (χ4n) is 4.46. The predicted molar refractivity (Wildman–Crippen MR) is 103 cm³/mol. The molecule has 2 aliphatic heterocycles. The molecule has 1 amide bonds. The molecule has 0 bridgehead atoms. The van der Waals surface area contributed by atoms with Crippen LogP contribution in [0.25, 0.3) is 11.0 Å². The van der Waals surface area contributed by atoms with Gasteiger partial charge in [0.25, 0.3) is 0 Å². The highest BCUT2D eigenvalue weighted by atomic mass is 16.6. The third-order valence-corrected chi connectivity index (χ3v) is 5.84. The molecule has 1 fully saturated rings. The second-order valence-corrected chi connectivity index (χ2v) is 7.48. The number of amides is 1. The fraction of sp³-hybridized carbons (Fsp3) is 0.350. The lowest BCUT2D eigenvalue weighted by Crippen LogP contribution is -2.41. The van der Waals surface area contributed by atoms with Crippen LogP contribution in [-0.2, 0) is 4.79 Å². The molecule has 2 unspecified atom stereocenters. The summed E-state index contributed by atoms with van der Waals surface area (Å²) in [5.74, 6) is 0.531. The number of nitriles is 1. The number of aromatic amines is 1. The maximum absolute atomic E-state index is 11.9. The Labute approximate surface area is 166 Å². The Morgan fingerprint density at radius 1 is 1.34 bits per heavy atom. The van der Waals surface area contributed by atoms with E-state index in [0.717, 1.165) is 42.0 Å². The number of anilines is 1. The van der Waals surface area contributed by atoms with Crippen LogP contribution in [0.1, 0.15) is 36.8 Å². The molecule has 2 aromatic heterocycles. The van der Waals surface area contributed by atoms with Crippen molar-refractivity contribution in [3.8, 4) is 6.07 Å². The molecular formula is C20H19N7O2. The van der Waals surface area contributed by atoms with Gasteiger partial charge in [-0.25, -0.2) is 4.63 Å². The summed E-state index contributed by atoms with van der Waals surface area (Å²) in [6, 6.07) is 8.08. The zero-order valence-electron chi connectivity index (χ0n) is 15.8. The molecule has 1 saturated heterocycles. The van der Waals surface area contributed by atoms with Crippen molar-refractivity contribution in [2.24, 2.45) is 5.92 Å². The first kappa shape index (κ1) is 17.4. The van der Waals surface area contributed by atoms with Gasteiger partial charge in [0.05, 0.1) is 23.8 Å². The Balaban J connectivity index is 1.66. The number of allylic oxidation sites excluding steroid dienone is 1. The summed E-state index contributed by atoms with van der Waals surface area (Å²) in [6.07, 6.45) is 3.54. The summed E-state index contributed by atoms with van der Waals surface area (Å²) in [7, 11) is 0. The van der Waals surface area contributed by atoms with E-state index in [1.54, 1.807) is 13.1 Å². The van der Waals surface area contributed by atoms with Crippen molar-refractivity contribution in [2.75, 3.05) is 18.4 Å². The van der Waals surface area contributed by atoms with E-state index in [4.69, 9.17) is 4.63 Å². The number of likely N-dealkylation sites (tertiary alicyclic amines) is 1. The first-order chi connectivity index (χ1) is 14.2. The monoisotopic (exact) mass is 389 g/mol. The minimum Gasteiger partial charge on any atom is -0.343 e. The van der Waals surface area contributed by atoms with Crippen molar-refractivity contribution in [3.63, 3.8) is 0 Å². The number of piperidine rings is 1. The number of carbonyl (C=O) groups excluding carboxylic acids is 1. The van der Waals surface area contributed by atoms with Crippen molar-refractivity contribution in [2.45, 2.75) is 25.7 Å². The van der Waals surface area contributed by atoms with E-state index in [1.807, 2.05) is 23.1 Å². The molecule has 9 heteroatoms. The van der Waals surface area contributed by atoms with Crippen LogP contribution >= 0.6 is 0 Å². The number of benzene rings is 1. The molecule has 1 aromatic carbocycles. The molecule has 0 radical (unpaired) electrons. The van der Waals surface area contributed by atoms with Crippen molar-refractivity contribution >= 4 is 22.8 Å². The molecule has 0 aliphatic carbocycles. The van der Waals surface area contributed by atoms with Crippen molar-refractivity contribution in [1.82, 2.24) is 25.4 Å². The lowest BCUT2D eigenvalue weighted by atomic mass is 9.79. The Kier molecular flexibility index (Phi) is 4.05.